The summed E-state index contributed by atoms with van der Waals surface area (Å²) in [6, 6.07) is 65.2. The van der Waals surface area contributed by atoms with Gasteiger partial charge < -0.3 is 4.42 Å². The number of hydrogen-bond donors (Lipinski definition) is 0. The smallest absolute Gasteiger partial charge is 0.164 e. The van der Waals surface area contributed by atoms with Crippen LogP contribution in [0.5, 0.6) is 0 Å². The van der Waals surface area contributed by atoms with E-state index in [0.717, 1.165) is 71.7 Å². The van der Waals surface area contributed by atoms with Crippen LogP contribution in [0.25, 0.3) is 100 Å². The maximum atomic E-state index is 6.44. The summed E-state index contributed by atoms with van der Waals surface area (Å²) < 4.78 is 6.44. The van der Waals surface area contributed by atoms with Crippen LogP contribution in [0.15, 0.2) is 192 Å². The summed E-state index contributed by atoms with van der Waals surface area (Å²) in [5, 5.41) is 4.38. The Kier molecular flexibility index (Phi) is 7.43. The molecular weight excluding hydrogens is 647 g/mol. The lowest BCUT2D eigenvalue weighted by atomic mass is 9.87. The van der Waals surface area contributed by atoms with Gasteiger partial charge in [0.15, 0.2) is 17.5 Å². The molecule has 0 radical (unpaired) electrons. The van der Waals surface area contributed by atoms with E-state index in [1.54, 1.807) is 0 Å². The second-order valence-corrected chi connectivity index (χ2v) is 13.1. The quantitative estimate of drug-likeness (QED) is 0.176. The van der Waals surface area contributed by atoms with Gasteiger partial charge in [-0.2, -0.15) is 0 Å². The first-order valence-electron chi connectivity index (χ1n) is 17.8. The summed E-state index contributed by atoms with van der Waals surface area (Å²) in [7, 11) is 0. The highest BCUT2D eigenvalue weighted by Crippen LogP contribution is 2.45. The summed E-state index contributed by atoms with van der Waals surface area (Å²) in [5.74, 6) is 1.91. The van der Waals surface area contributed by atoms with Crippen molar-refractivity contribution in [2.24, 2.45) is 0 Å². The monoisotopic (exact) mass is 677 g/mol. The molecule has 248 valence electrons. The summed E-state index contributed by atoms with van der Waals surface area (Å²) in [6.07, 6.45) is 0. The summed E-state index contributed by atoms with van der Waals surface area (Å²) in [6.45, 7) is 0. The molecular formula is C49H31N3O. The molecule has 0 atom stereocenters. The Morgan fingerprint density at radius 1 is 0.283 bits per heavy atom. The highest BCUT2D eigenvalue weighted by molar-refractivity contribution is 6.18. The lowest BCUT2D eigenvalue weighted by Crippen LogP contribution is -2.00. The van der Waals surface area contributed by atoms with Gasteiger partial charge in [0.05, 0.1) is 0 Å². The van der Waals surface area contributed by atoms with Gasteiger partial charge in [-0.25, -0.2) is 15.0 Å². The van der Waals surface area contributed by atoms with E-state index < -0.39 is 0 Å². The minimum atomic E-state index is 0.633. The number of para-hydroxylation sites is 1. The highest BCUT2D eigenvalue weighted by Gasteiger charge is 2.21. The molecule has 0 fully saturated rings. The van der Waals surface area contributed by atoms with Gasteiger partial charge in [-0.15, -0.1) is 0 Å². The van der Waals surface area contributed by atoms with Crippen molar-refractivity contribution in [3.63, 3.8) is 0 Å². The van der Waals surface area contributed by atoms with E-state index in [1.807, 2.05) is 72.8 Å². The van der Waals surface area contributed by atoms with Crippen molar-refractivity contribution in [1.29, 1.82) is 0 Å². The van der Waals surface area contributed by atoms with Crippen LogP contribution in [0.1, 0.15) is 0 Å². The third-order valence-corrected chi connectivity index (χ3v) is 9.98. The van der Waals surface area contributed by atoms with E-state index in [2.05, 4.69) is 115 Å². The Labute approximate surface area is 306 Å². The summed E-state index contributed by atoms with van der Waals surface area (Å²) in [5.41, 5.74) is 11.5. The van der Waals surface area contributed by atoms with Crippen molar-refractivity contribution in [2.75, 3.05) is 0 Å². The lowest BCUT2D eigenvalue weighted by Gasteiger charge is -2.17. The van der Waals surface area contributed by atoms with Crippen LogP contribution in [0, 0.1) is 0 Å². The lowest BCUT2D eigenvalue weighted by molar-refractivity contribution is 0.669. The van der Waals surface area contributed by atoms with E-state index in [-0.39, 0.29) is 0 Å². The minimum absolute atomic E-state index is 0.633. The Bertz CT molecular complexity index is 2860. The molecule has 0 unspecified atom stereocenters. The minimum Gasteiger partial charge on any atom is -0.456 e. The van der Waals surface area contributed by atoms with Crippen LogP contribution in [0.3, 0.4) is 0 Å². The van der Waals surface area contributed by atoms with Gasteiger partial charge in [-0.1, -0.05) is 164 Å². The average molecular weight is 678 g/mol. The topological polar surface area (TPSA) is 51.8 Å². The molecule has 4 nitrogen and oxygen atoms in total. The SMILES string of the molecule is c1ccc(-c2ccc(-c3c(-c4ccc(-c5nc(-c6ccccc6)nc(-c6ccccc6)n5)c5ccccc45)ccc4oc5ccccc5c34)cc2)cc1. The molecule has 0 bridgehead atoms. The van der Waals surface area contributed by atoms with Gasteiger partial charge in [0.25, 0.3) is 0 Å². The third-order valence-electron chi connectivity index (χ3n) is 9.98. The molecule has 2 aromatic heterocycles. The molecule has 0 amide bonds. The van der Waals surface area contributed by atoms with Crippen molar-refractivity contribution in [3.8, 4) is 67.5 Å². The first kappa shape index (κ1) is 30.6. The van der Waals surface area contributed by atoms with E-state index in [0.29, 0.717) is 17.5 Å². The molecule has 0 saturated heterocycles. The second kappa shape index (κ2) is 12.9. The molecule has 8 aromatic carbocycles. The van der Waals surface area contributed by atoms with Crippen LogP contribution in [-0.2, 0) is 0 Å². The van der Waals surface area contributed by atoms with Gasteiger partial charge in [0.1, 0.15) is 11.2 Å². The zero-order valence-electron chi connectivity index (χ0n) is 28.6. The molecule has 4 heteroatoms. The number of nitrogens with zero attached hydrogens (tertiary/aromatic N) is 3. The predicted octanol–water partition coefficient (Wildman–Crippen LogP) is 12.9. The van der Waals surface area contributed by atoms with E-state index >= 15 is 0 Å². The molecule has 0 spiro atoms. The molecule has 53 heavy (non-hydrogen) atoms. The van der Waals surface area contributed by atoms with Crippen molar-refractivity contribution in [3.05, 3.63) is 188 Å². The normalized spacial score (nSPS) is 11.4. The number of fused-ring (bicyclic) bond motifs is 4. The Morgan fingerprint density at radius 3 is 1.38 bits per heavy atom. The second-order valence-electron chi connectivity index (χ2n) is 13.1. The van der Waals surface area contributed by atoms with Crippen molar-refractivity contribution >= 4 is 32.7 Å². The van der Waals surface area contributed by atoms with Crippen molar-refractivity contribution in [2.45, 2.75) is 0 Å². The van der Waals surface area contributed by atoms with Crippen molar-refractivity contribution < 1.29 is 4.42 Å². The largest absolute Gasteiger partial charge is 0.456 e. The molecule has 0 aliphatic rings. The first-order chi connectivity index (χ1) is 26.3. The average Bonchev–Trinajstić information content (AvgIpc) is 3.63. The van der Waals surface area contributed by atoms with E-state index in [1.165, 1.54) is 11.1 Å². The fraction of sp³-hybridized carbons (Fsp3) is 0. The molecule has 10 rings (SSSR count). The Balaban J connectivity index is 1.20. The predicted molar refractivity (Wildman–Crippen MR) is 217 cm³/mol. The number of furan rings is 1. The van der Waals surface area contributed by atoms with E-state index in [4.69, 9.17) is 19.4 Å². The Morgan fingerprint density at radius 2 is 0.736 bits per heavy atom. The number of benzene rings is 8. The van der Waals surface area contributed by atoms with Gasteiger partial charge in [-0.05, 0) is 62.9 Å². The molecule has 0 aliphatic carbocycles. The van der Waals surface area contributed by atoms with Gasteiger partial charge in [0, 0.05) is 33.0 Å². The molecule has 0 N–H and O–H groups in total. The molecule has 0 aliphatic heterocycles. The first-order valence-corrected chi connectivity index (χ1v) is 17.8. The summed E-state index contributed by atoms with van der Waals surface area (Å²) in [4.78, 5) is 15.1. The Hall–Kier alpha value is -7.17. The van der Waals surface area contributed by atoms with Crippen LogP contribution in [0.4, 0.5) is 0 Å². The third kappa shape index (κ3) is 5.45. The van der Waals surface area contributed by atoms with Gasteiger partial charge >= 0.3 is 0 Å². The van der Waals surface area contributed by atoms with Crippen molar-refractivity contribution in [1.82, 2.24) is 15.0 Å². The maximum absolute atomic E-state index is 6.44. The highest BCUT2D eigenvalue weighted by atomic mass is 16.3. The van der Waals surface area contributed by atoms with Crippen LogP contribution in [-0.4, -0.2) is 15.0 Å². The number of aromatic nitrogens is 3. The number of hydrogen-bond acceptors (Lipinski definition) is 4. The standard InChI is InChI=1S/C49H31N3O/c1-4-14-32(15-5-1)33-24-26-34(27-25-33)45-40(30-31-44-46(45)42-22-12-13-23-43(42)53-44)39-28-29-41(38-21-11-10-20-37(38)39)49-51-47(35-16-6-2-7-17-35)50-48(52-49)36-18-8-3-9-19-36/h1-31H. The molecule has 2 heterocycles. The van der Waals surface area contributed by atoms with Crippen LogP contribution >= 0.6 is 0 Å². The molecule has 10 aromatic rings. The molecule has 0 saturated carbocycles. The fourth-order valence-corrected chi connectivity index (χ4v) is 7.46. The van der Waals surface area contributed by atoms with Gasteiger partial charge in [-0.3, -0.25) is 0 Å². The van der Waals surface area contributed by atoms with E-state index in [9.17, 15) is 0 Å². The maximum Gasteiger partial charge on any atom is 0.164 e. The fourth-order valence-electron chi connectivity index (χ4n) is 7.46. The van der Waals surface area contributed by atoms with Crippen LogP contribution in [0.2, 0.25) is 0 Å². The van der Waals surface area contributed by atoms with Gasteiger partial charge in [0.2, 0.25) is 0 Å². The zero-order valence-corrected chi connectivity index (χ0v) is 28.6. The number of rotatable bonds is 6. The zero-order chi connectivity index (χ0) is 35.1. The van der Waals surface area contributed by atoms with Crippen LogP contribution < -0.4 is 0 Å². The summed E-state index contributed by atoms with van der Waals surface area (Å²) >= 11 is 0.